The molecular formula is C29H51NO4. The second kappa shape index (κ2) is 9.34. The van der Waals surface area contributed by atoms with E-state index in [1.165, 1.54) is 38.5 Å². The predicted octanol–water partition coefficient (Wildman–Crippen LogP) is 5.22. The molecule has 0 aromatic heterocycles. The minimum atomic E-state index is -1.23. The molecule has 0 aliphatic heterocycles. The highest BCUT2D eigenvalue weighted by Crippen LogP contribution is 2.68. The standard InChI is InChI=1S/C29H51NO4/c1-17(2)7-6-8-18(3)19-9-10-20-24-21(11-12-27(19,20)4)28(5)13-14-29(34,16-23(31)32)15-22(28)26(33)25(24)30/h17-22,24-26,33-34H,6-16,30H2,1-5H3,(H,31,32)/t18-,19-,20+,21+,22?,24+,25?,26?,27-,28-,29?/m1/s1. The lowest BCUT2D eigenvalue weighted by molar-refractivity contribution is -0.201. The largest absolute Gasteiger partial charge is 0.481 e. The van der Waals surface area contributed by atoms with Gasteiger partial charge in [0.2, 0.25) is 0 Å². The lowest BCUT2D eigenvalue weighted by Crippen LogP contribution is -2.67. The number of hydrogen-bond donors (Lipinski definition) is 4. The van der Waals surface area contributed by atoms with Crippen molar-refractivity contribution in [1.82, 2.24) is 0 Å². The van der Waals surface area contributed by atoms with Crippen molar-refractivity contribution in [1.29, 1.82) is 0 Å². The van der Waals surface area contributed by atoms with Crippen molar-refractivity contribution in [2.75, 3.05) is 0 Å². The molecule has 0 amide bonds. The van der Waals surface area contributed by atoms with Gasteiger partial charge in [0, 0.05) is 6.04 Å². The molecule has 0 aromatic carbocycles. The highest BCUT2D eigenvalue weighted by molar-refractivity contribution is 5.68. The van der Waals surface area contributed by atoms with Crippen LogP contribution in [0.3, 0.4) is 0 Å². The van der Waals surface area contributed by atoms with E-state index in [-0.39, 0.29) is 23.8 Å². The van der Waals surface area contributed by atoms with Gasteiger partial charge in [-0.2, -0.15) is 0 Å². The van der Waals surface area contributed by atoms with E-state index in [0.717, 1.165) is 30.6 Å². The van der Waals surface area contributed by atoms with Crippen LogP contribution in [0.5, 0.6) is 0 Å². The first kappa shape index (κ1) is 26.4. The smallest absolute Gasteiger partial charge is 0.306 e. The van der Waals surface area contributed by atoms with Crippen LogP contribution in [0.2, 0.25) is 0 Å². The summed E-state index contributed by atoms with van der Waals surface area (Å²) in [6.45, 7) is 12.0. The van der Waals surface area contributed by atoms with Crippen molar-refractivity contribution in [3.63, 3.8) is 0 Å². The monoisotopic (exact) mass is 477 g/mol. The number of carbonyl (C=O) groups is 1. The maximum atomic E-state index is 11.5. The number of fused-ring (bicyclic) bond motifs is 5. The Hall–Kier alpha value is -0.650. The fourth-order valence-corrected chi connectivity index (χ4v) is 9.87. The molecule has 0 aromatic rings. The topological polar surface area (TPSA) is 104 Å². The highest BCUT2D eigenvalue weighted by Gasteiger charge is 2.65. The first-order valence-electron chi connectivity index (χ1n) is 14.2. The average Bonchev–Trinajstić information content (AvgIpc) is 3.09. The summed E-state index contributed by atoms with van der Waals surface area (Å²) in [6.07, 6.45) is 9.58. The Morgan fingerprint density at radius 3 is 2.29 bits per heavy atom. The molecule has 0 spiro atoms. The summed E-state index contributed by atoms with van der Waals surface area (Å²) in [4.78, 5) is 11.4. The van der Waals surface area contributed by atoms with Crippen molar-refractivity contribution in [2.45, 2.75) is 123 Å². The molecular weight excluding hydrogens is 426 g/mol. The fourth-order valence-electron chi connectivity index (χ4n) is 9.87. The van der Waals surface area contributed by atoms with Crippen LogP contribution in [0.4, 0.5) is 0 Å². The minimum Gasteiger partial charge on any atom is -0.481 e. The fraction of sp³-hybridized carbons (Fsp3) is 0.966. The van der Waals surface area contributed by atoms with Gasteiger partial charge in [-0.1, -0.05) is 53.9 Å². The Labute approximate surface area is 207 Å². The Kier molecular flexibility index (Phi) is 7.25. The van der Waals surface area contributed by atoms with Crippen LogP contribution in [-0.2, 0) is 4.79 Å². The third kappa shape index (κ3) is 4.36. The summed E-state index contributed by atoms with van der Waals surface area (Å²) in [5.74, 6) is 2.50. The molecule has 5 heteroatoms. The van der Waals surface area contributed by atoms with Crippen molar-refractivity contribution in [3.8, 4) is 0 Å². The molecule has 0 saturated heterocycles. The van der Waals surface area contributed by atoms with E-state index in [1.807, 2.05) is 0 Å². The predicted molar refractivity (Wildman–Crippen MR) is 135 cm³/mol. The number of aliphatic carboxylic acids is 1. The molecule has 0 heterocycles. The molecule has 11 atom stereocenters. The molecule has 5 nitrogen and oxygen atoms in total. The quantitative estimate of drug-likeness (QED) is 0.402. The molecule has 4 fully saturated rings. The number of aliphatic hydroxyl groups excluding tert-OH is 1. The molecule has 4 aliphatic carbocycles. The van der Waals surface area contributed by atoms with Crippen LogP contribution < -0.4 is 5.73 Å². The number of aliphatic hydroxyl groups is 2. The second-order valence-corrected chi connectivity index (χ2v) is 14.0. The van der Waals surface area contributed by atoms with E-state index in [0.29, 0.717) is 36.0 Å². The maximum Gasteiger partial charge on any atom is 0.306 e. The average molecular weight is 478 g/mol. The van der Waals surface area contributed by atoms with Gasteiger partial charge in [-0.05, 0) is 97.2 Å². The molecule has 196 valence electrons. The summed E-state index contributed by atoms with van der Waals surface area (Å²) in [5, 5.41) is 31.9. The van der Waals surface area contributed by atoms with Gasteiger partial charge in [-0.15, -0.1) is 0 Å². The Bertz CT molecular complexity index is 756. The van der Waals surface area contributed by atoms with E-state index in [9.17, 15) is 20.1 Å². The first-order valence-corrected chi connectivity index (χ1v) is 14.2. The lowest BCUT2D eigenvalue weighted by Gasteiger charge is -2.65. The third-order valence-electron chi connectivity index (χ3n) is 11.7. The summed E-state index contributed by atoms with van der Waals surface area (Å²) < 4.78 is 0. The van der Waals surface area contributed by atoms with Gasteiger partial charge in [0.05, 0.1) is 18.1 Å². The number of rotatable bonds is 7. The Morgan fingerprint density at radius 2 is 1.65 bits per heavy atom. The molecule has 0 bridgehead atoms. The van der Waals surface area contributed by atoms with Crippen LogP contribution in [0.15, 0.2) is 0 Å². The van der Waals surface area contributed by atoms with Gasteiger partial charge in [0.15, 0.2) is 0 Å². The van der Waals surface area contributed by atoms with Gasteiger partial charge >= 0.3 is 5.97 Å². The first-order chi connectivity index (χ1) is 15.8. The van der Waals surface area contributed by atoms with Gasteiger partial charge < -0.3 is 21.1 Å². The summed E-state index contributed by atoms with van der Waals surface area (Å²) in [7, 11) is 0. The second-order valence-electron chi connectivity index (χ2n) is 14.0. The van der Waals surface area contributed by atoms with E-state index < -0.39 is 17.7 Å². The zero-order valence-electron chi connectivity index (χ0n) is 22.3. The van der Waals surface area contributed by atoms with Crippen molar-refractivity contribution in [2.24, 2.45) is 58.0 Å². The van der Waals surface area contributed by atoms with Crippen molar-refractivity contribution >= 4 is 5.97 Å². The van der Waals surface area contributed by atoms with Crippen LogP contribution >= 0.6 is 0 Å². The van der Waals surface area contributed by atoms with Crippen LogP contribution in [-0.4, -0.2) is 39.0 Å². The number of hydrogen-bond acceptors (Lipinski definition) is 4. The lowest BCUT2D eigenvalue weighted by atomic mass is 9.42. The van der Waals surface area contributed by atoms with Crippen LogP contribution in [0, 0.1) is 52.3 Å². The maximum absolute atomic E-state index is 11.5. The number of carboxylic acids is 1. The van der Waals surface area contributed by atoms with E-state index in [1.54, 1.807) is 0 Å². The number of carboxylic acid groups (broad SMARTS) is 1. The molecule has 0 radical (unpaired) electrons. The van der Waals surface area contributed by atoms with E-state index in [4.69, 9.17) is 5.73 Å². The third-order valence-corrected chi connectivity index (χ3v) is 11.7. The minimum absolute atomic E-state index is 0.0764. The molecule has 5 N–H and O–H groups in total. The van der Waals surface area contributed by atoms with Gasteiger partial charge in [-0.3, -0.25) is 4.79 Å². The SMILES string of the molecule is CC(C)CCC[C@@H](C)[C@H]1CC[C@H]2[C@@H]3C(N)C(O)C4CC(O)(CC(=O)O)CC[C@]4(C)[C@H]3CC[C@]12C. The highest BCUT2D eigenvalue weighted by atomic mass is 16.4. The molecule has 34 heavy (non-hydrogen) atoms. The van der Waals surface area contributed by atoms with Gasteiger partial charge in [0.1, 0.15) is 0 Å². The molecule has 4 rings (SSSR count). The Balaban J connectivity index is 1.54. The molecule has 4 unspecified atom stereocenters. The Morgan fingerprint density at radius 1 is 0.971 bits per heavy atom. The van der Waals surface area contributed by atoms with E-state index >= 15 is 0 Å². The molecule has 4 aliphatic rings. The molecule has 4 saturated carbocycles. The van der Waals surface area contributed by atoms with Crippen molar-refractivity contribution < 1.29 is 20.1 Å². The van der Waals surface area contributed by atoms with Crippen LogP contribution in [0.25, 0.3) is 0 Å². The van der Waals surface area contributed by atoms with E-state index in [2.05, 4.69) is 34.6 Å². The van der Waals surface area contributed by atoms with Crippen LogP contribution in [0.1, 0.15) is 105 Å². The summed E-state index contributed by atoms with van der Waals surface area (Å²) in [6, 6.07) is -0.283. The summed E-state index contributed by atoms with van der Waals surface area (Å²) in [5.41, 5.74) is 5.89. The van der Waals surface area contributed by atoms with Gasteiger partial charge in [-0.25, -0.2) is 0 Å². The normalized spacial score (nSPS) is 49.3. The zero-order valence-corrected chi connectivity index (χ0v) is 22.3. The van der Waals surface area contributed by atoms with Gasteiger partial charge in [0.25, 0.3) is 0 Å². The van der Waals surface area contributed by atoms with Crippen molar-refractivity contribution in [3.05, 3.63) is 0 Å². The zero-order chi connectivity index (χ0) is 25.1. The summed E-state index contributed by atoms with van der Waals surface area (Å²) >= 11 is 0. The number of nitrogens with two attached hydrogens (primary N) is 1.